The second-order valence-electron chi connectivity index (χ2n) is 6.07. The molecule has 154 valence electrons. The van der Waals surface area contributed by atoms with Gasteiger partial charge in [-0.15, -0.1) is 0 Å². The van der Waals surface area contributed by atoms with Crippen molar-refractivity contribution in [2.45, 2.75) is 6.54 Å². The molecule has 3 aromatic rings. The van der Waals surface area contributed by atoms with Crippen molar-refractivity contribution in [3.63, 3.8) is 0 Å². The fourth-order valence-corrected chi connectivity index (χ4v) is 2.74. The van der Waals surface area contributed by atoms with Crippen LogP contribution < -0.4 is 14.8 Å². The number of amides is 1. The lowest BCUT2D eigenvalue weighted by atomic mass is 10.1. The number of ether oxygens (including phenoxy) is 2. The molecule has 0 aliphatic heterocycles. The molecule has 10 heteroatoms. The standard InChI is InChI=1S/C20H17FN4O5/c1-29-18-8-15(17(25(27)28)9-19(18)30-2)20(26)22-10-14-7-16(24-11-23-14)12-3-5-13(21)6-4-12/h3-9,11H,10H2,1-2H3,(H,22,26). The van der Waals surface area contributed by atoms with Crippen LogP contribution in [-0.2, 0) is 6.54 Å². The first kappa shape index (κ1) is 20.6. The Balaban J connectivity index is 1.81. The van der Waals surface area contributed by atoms with Crippen LogP contribution in [0.3, 0.4) is 0 Å². The Morgan fingerprint density at radius 1 is 1.10 bits per heavy atom. The fraction of sp³-hybridized carbons (Fsp3) is 0.150. The maximum absolute atomic E-state index is 13.1. The number of methoxy groups -OCH3 is 2. The first-order valence-electron chi connectivity index (χ1n) is 8.68. The topological polar surface area (TPSA) is 116 Å². The summed E-state index contributed by atoms with van der Waals surface area (Å²) in [5, 5.41) is 14.0. The molecular weight excluding hydrogens is 395 g/mol. The average molecular weight is 412 g/mol. The van der Waals surface area contributed by atoms with Crippen molar-refractivity contribution in [1.29, 1.82) is 0 Å². The third-order valence-electron chi connectivity index (χ3n) is 4.24. The number of rotatable bonds is 7. The van der Waals surface area contributed by atoms with Crippen molar-refractivity contribution in [3.05, 3.63) is 76.0 Å². The molecule has 0 aliphatic carbocycles. The van der Waals surface area contributed by atoms with E-state index in [1.807, 2.05) is 0 Å². The molecular formula is C20H17FN4O5. The molecule has 0 radical (unpaired) electrons. The van der Waals surface area contributed by atoms with E-state index in [-0.39, 0.29) is 29.4 Å². The lowest BCUT2D eigenvalue weighted by Crippen LogP contribution is -2.24. The van der Waals surface area contributed by atoms with Crippen molar-refractivity contribution >= 4 is 11.6 Å². The van der Waals surface area contributed by atoms with E-state index in [9.17, 15) is 19.3 Å². The molecule has 0 aliphatic rings. The van der Waals surface area contributed by atoms with E-state index in [4.69, 9.17) is 9.47 Å². The Morgan fingerprint density at radius 2 is 1.77 bits per heavy atom. The minimum absolute atomic E-state index is 0.00104. The molecule has 0 saturated heterocycles. The molecule has 2 aromatic carbocycles. The van der Waals surface area contributed by atoms with Gasteiger partial charge in [-0.05, 0) is 30.3 Å². The zero-order valence-corrected chi connectivity index (χ0v) is 16.1. The summed E-state index contributed by atoms with van der Waals surface area (Å²) in [5.74, 6) is -0.712. The average Bonchev–Trinajstić information content (AvgIpc) is 2.77. The van der Waals surface area contributed by atoms with Gasteiger partial charge in [0, 0.05) is 11.6 Å². The molecule has 1 aromatic heterocycles. The highest BCUT2D eigenvalue weighted by molar-refractivity contribution is 5.99. The van der Waals surface area contributed by atoms with Gasteiger partial charge >= 0.3 is 0 Å². The van der Waals surface area contributed by atoms with E-state index < -0.39 is 16.5 Å². The number of nitro groups is 1. The molecule has 30 heavy (non-hydrogen) atoms. The van der Waals surface area contributed by atoms with Crippen LogP contribution in [0.25, 0.3) is 11.3 Å². The Hall–Kier alpha value is -4.08. The van der Waals surface area contributed by atoms with Crippen LogP contribution in [0.5, 0.6) is 11.5 Å². The van der Waals surface area contributed by atoms with Crippen LogP contribution in [-0.4, -0.2) is 35.0 Å². The number of hydrogen-bond donors (Lipinski definition) is 1. The first-order chi connectivity index (χ1) is 14.4. The highest BCUT2D eigenvalue weighted by Crippen LogP contribution is 2.34. The third kappa shape index (κ3) is 4.49. The monoisotopic (exact) mass is 412 g/mol. The number of halogens is 1. The van der Waals surface area contributed by atoms with Gasteiger partial charge in [0.25, 0.3) is 11.6 Å². The highest BCUT2D eigenvalue weighted by Gasteiger charge is 2.24. The predicted molar refractivity (Wildman–Crippen MR) is 105 cm³/mol. The van der Waals surface area contributed by atoms with E-state index in [1.54, 1.807) is 18.2 Å². The quantitative estimate of drug-likeness (QED) is 0.468. The molecule has 1 amide bonds. The van der Waals surface area contributed by atoms with Crippen molar-refractivity contribution in [2.24, 2.45) is 0 Å². The van der Waals surface area contributed by atoms with Crippen LogP contribution in [0.1, 0.15) is 16.1 Å². The van der Waals surface area contributed by atoms with E-state index in [0.717, 1.165) is 6.07 Å². The van der Waals surface area contributed by atoms with Gasteiger partial charge in [-0.2, -0.15) is 0 Å². The summed E-state index contributed by atoms with van der Waals surface area (Å²) in [6.07, 6.45) is 1.32. The van der Waals surface area contributed by atoms with Gasteiger partial charge in [-0.1, -0.05) is 0 Å². The van der Waals surface area contributed by atoms with Gasteiger partial charge in [-0.3, -0.25) is 14.9 Å². The van der Waals surface area contributed by atoms with Crippen LogP contribution in [0.4, 0.5) is 10.1 Å². The van der Waals surface area contributed by atoms with Gasteiger partial charge in [0.2, 0.25) is 0 Å². The lowest BCUT2D eigenvalue weighted by Gasteiger charge is -2.11. The van der Waals surface area contributed by atoms with Gasteiger partial charge in [-0.25, -0.2) is 14.4 Å². The Bertz CT molecular complexity index is 1090. The summed E-state index contributed by atoms with van der Waals surface area (Å²) in [6, 6.07) is 9.79. The van der Waals surface area contributed by atoms with Gasteiger partial charge in [0.05, 0.1) is 43.1 Å². The number of carbonyl (C=O) groups is 1. The summed E-state index contributed by atoms with van der Waals surface area (Å²) in [7, 11) is 2.71. The zero-order chi connectivity index (χ0) is 21.7. The molecule has 0 atom stereocenters. The highest BCUT2D eigenvalue weighted by atomic mass is 19.1. The molecule has 9 nitrogen and oxygen atoms in total. The summed E-state index contributed by atoms with van der Waals surface area (Å²) >= 11 is 0. The number of benzene rings is 2. The summed E-state index contributed by atoms with van der Waals surface area (Å²) in [5.41, 5.74) is 1.11. The smallest absolute Gasteiger partial charge is 0.286 e. The molecule has 3 rings (SSSR count). The largest absolute Gasteiger partial charge is 0.493 e. The Morgan fingerprint density at radius 3 is 2.40 bits per heavy atom. The van der Waals surface area contributed by atoms with Crippen molar-refractivity contribution in [2.75, 3.05) is 14.2 Å². The molecule has 1 N–H and O–H groups in total. The van der Waals surface area contributed by atoms with E-state index in [1.165, 1.54) is 38.7 Å². The fourth-order valence-electron chi connectivity index (χ4n) is 2.74. The van der Waals surface area contributed by atoms with E-state index in [0.29, 0.717) is 17.0 Å². The molecule has 0 unspecified atom stereocenters. The number of hydrogen-bond acceptors (Lipinski definition) is 7. The predicted octanol–water partition coefficient (Wildman–Crippen LogP) is 3.14. The SMILES string of the molecule is COc1cc(C(=O)NCc2cc(-c3ccc(F)cc3)ncn2)c([N+](=O)[O-])cc1OC. The van der Waals surface area contributed by atoms with Gasteiger partial charge in [0.1, 0.15) is 17.7 Å². The summed E-state index contributed by atoms with van der Waals surface area (Å²) in [4.78, 5) is 31.5. The number of nitrogens with zero attached hydrogens (tertiary/aromatic N) is 3. The number of nitro benzene ring substituents is 1. The summed E-state index contributed by atoms with van der Waals surface area (Å²) in [6.45, 7) is 0.00104. The number of aromatic nitrogens is 2. The zero-order valence-electron chi connectivity index (χ0n) is 16.1. The summed E-state index contributed by atoms with van der Waals surface area (Å²) < 4.78 is 23.3. The van der Waals surface area contributed by atoms with Crippen LogP contribution in [0.15, 0.2) is 48.8 Å². The normalized spacial score (nSPS) is 10.4. The lowest BCUT2D eigenvalue weighted by molar-refractivity contribution is -0.385. The van der Waals surface area contributed by atoms with Crippen molar-refractivity contribution in [1.82, 2.24) is 15.3 Å². The molecule has 1 heterocycles. The second kappa shape index (κ2) is 8.95. The maximum Gasteiger partial charge on any atom is 0.286 e. The minimum Gasteiger partial charge on any atom is -0.493 e. The van der Waals surface area contributed by atoms with E-state index >= 15 is 0 Å². The number of carbonyl (C=O) groups excluding carboxylic acids is 1. The number of nitrogens with one attached hydrogen (secondary N) is 1. The van der Waals surface area contributed by atoms with Gasteiger partial charge < -0.3 is 14.8 Å². The van der Waals surface area contributed by atoms with Crippen LogP contribution in [0.2, 0.25) is 0 Å². The molecule has 0 spiro atoms. The molecule has 0 fully saturated rings. The Kier molecular flexibility index (Phi) is 6.16. The van der Waals surface area contributed by atoms with E-state index in [2.05, 4.69) is 15.3 Å². The van der Waals surface area contributed by atoms with Crippen molar-refractivity contribution in [3.8, 4) is 22.8 Å². The van der Waals surface area contributed by atoms with Gasteiger partial charge in [0.15, 0.2) is 11.5 Å². The minimum atomic E-state index is -0.676. The first-order valence-corrected chi connectivity index (χ1v) is 8.68. The second-order valence-corrected chi connectivity index (χ2v) is 6.07. The maximum atomic E-state index is 13.1. The van der Waals surface area contributed by atoms with Crippen LogP contribution >= 0.6 is 0 Å². The molecule has 0 saturated carbocycles. The van der Waals surface area contributed by atoms with Crippen molar-refractivity contribution < 1.29 is 23.6 Å². The third-order valence-corrected chi connectivity index (χ3v) is 4.24. The van der Waals surface area contributed by atoms with Crippen LogP contribution in [0, 0.1) is 15.9 Å². The molecule has 0 bridgehead atoms. The Labute approximate surface area is 170 Å².